The van der Waals surface area contributed by atoms with Crippen LogP contribution >= 0.6 is 0 Å². The molecule has 0 spiro atoms. The molecule has 3 aliphatic rings. The Hall–Kier alpha value is -1.40. The molecule has 2 heterocycles. The first-order valence-corrected chi connectivity index (χ1v) is 10.8. The fourth-order valence-electron chi connectivity index (χ4n) is 5.07. The van der Waals surface area contributed by atoms with E-state index in [1.54, 1.807) is 4.90 Å². The van der Waals surface area contributed by atoms with Gasteiger partial charge in [0.15, 0.2) is 5.69 Å². The summed E-state index contributed by atoms with van der Waals surface area (Å²) in [4.78, 5) is 17.0. The molecule has 6 heteroatoms. The van der Waals surface area contributed by atoms with Gasteiger partial charge in [-0.2, -0.15) is 5.10 Å². The largest absolute Gasteiger partial charge is 0.379 e. The van der Waals surface area contributed by atoms with Gasteiger partial charge in [0.25, 0.3) is 5.91 Å². The number of nitrogens with zero attached hydrogens (tertiary/aromatic N) is 4. The number of ether oxygens (including phenoxy) is 1. The van der Waals surface area contributed by atoms with Crippen molar-refractivity contribution in [3.05, 3.63) is 17.0 Å². The van der Waals surface area contributed by atoms with Gasteiger partial charge in [0.2, 0.25) is 0 Å². The lowest BCUT2D eigenvalue weighted by atomic mass is 9.88. The molecule has 0 bridgehead atoms. The molecule has 2 aliphatic carbocycles. The Bertz CT molecular complexity index is 657. The van der Waals surface area contributed by atoms with Crippen LogP contribution in [0.2, 0.25) is 0 Å². The zero-order valence-electron chi connectivity index (χ0n) is 17.0. The van der Waals surface area contributed by atoms with E-state index in [2.05, 4.69) is 9.58 Å². The van der Waals surface area contributed by atoms with Gasteiger partial charge in [0.1, 0.15) is 0 Å². The summed E-state index contributed by atoms with van der Waals surface area (Å²) in [5.41, 5.74) is 3.24. The molecule has 1 aromatic rings. The number of carbonyl (C=O) groups excluding carboxylic acids is 1. The van der Waals surface area contributed by atoms with E-state index in [1.807, 2.05) is 14.1 Å². The molecule has 1 saturated carbocycles. The second kappa shape index (κ2) is 8.31. The van der Waals surface area contributed by atoms with Crippen molar-refractivity contribution in [1.82, 2.24) is 19.6 Å². The van der Waals surface area contributed by atoms with E-state index < -0.39 is 0 Å². The van der Waals surface area contributed by atoms with Crippen LogP contribution in [-0.2, 0) is 24.1 Å². The minimum absolute atomic E-state index is 0.0521. The van der Waals surface area contributed by atoms with Crippen molar-refractivity contribution in [1.29, 1.82) is 0 Å². The van der Waals surface area contributed by atoms with Gasteiger partial charge in [-0.05, 0) is 38.0 Å². The normalized spacial score (nSPS) is 24.6. The monoisotopic (exact) mass is 374 g/mol. The topological polar surface area (TPSA) is 50.6 Å². The van der Waals surface area contributed by atoms with Gasteiger partial charge in [-0.25, -0.2) is 0 Å². The molecule has 4 rings (SSSR count). The van der Waals surface area contributed by atoms with E-state index in [-0.39, 0.29) is 5.91 Å². The first-order valence-electron chi connectivity index (χ1n) is 10.8. The zero-order valence-corrected chi connectivity index (χ0v) is 17.0. The Morgan fingerprint density at radius 1 is 1.15 bits per heavy atom. The molecule has 2 fully saturated rings. The molecule has 1 aromatic heterocycles. The first kappa shape index (κ1) is 18.9. The highest BCUT2D eigenvalue weighted by Gasteiger charge is 2.33. The Kier molecular flexibility index (Phi) is 5.83. The van der Waals surface area contributed by atoms with Crippen LogP contribution in [0.5, 0.6) is 0 Å². The maximum atomic E-state index is 12.8. The molecular formula is C21H34N4O2. The third-order valence-corrected chi connectivity index (χ3v) is 6.65. The Morgan fingerprint density at radius 2 is 1.89 bits per heavy atom. The second-order valence-corrected chi connectivity index (χ2v) is 8.70. The van der Waals surface area contributed by atoms with E-state index in [0.717, 1.165) is 51.6 Å². The molecule has 0 radical (unpaired) electrons. The van der Waals surface area contributed by atoms with E-state index in [1.165, 1.54) is 49.8 Å². The SMILES string of the molecule is CN(C)C(=O)c1nn(CC2CCCCC2)c2c1CC(N1CCOCC1)CC2. The summed E-state index contributed by atoms with van der Waals surface area (Å²) < 4.78 is 7.73. The van der Waals surface area contributed by atoms with Crippen molar-refractivity contribution in [2.24, 2.45) is 5.92 Å². The van der Waals surface area contributed by atoms with Crippen molar-refractivity contribution in [2.45, 2.75) is 64.0 Å². The van der Waals surface area contributed by atoms with Gasteiger partial charge in [0.05, 0.1) is 13.2 Å². The van der Waals surface area contributed by atoms with Crippen molar-refractivity contribution in [2.75, 3.05) is 40.4 Å². The summed E-state index contributed by atoms with van der Waals surface area (Å²) in [6, 6.07) is 0.516. The molecular weight excluding hydrogens is 340 g/mol. The van der Waals surface area contributed by atoms with Crippen LogP contribution in [0.25, 0.3) is 0 Å². The zero-order chi connectivity index (χ0) is 18.8. The van der Waals surface area contributed by atoms with Crippen LogP contribution in [0, 0.1) is 5.92 Å². The summed E-state index contributed by atoms with van der Waals surface area (Å²) in [6.45, 7) is 4.66. The number of morpholine rings is 1. The average molecular weight is 375 g/mol. The van der Waals surface area contributed by atoms with Crippen molar-refractivity contribution in [3.63, 3.8) is 0 Å². The summed E-state index contributed by atoms with van der Waals surface area (Å²) in [6.07, 6.45) is 9.84. The predicted octanol–water partition coefficient (Wildman–Crippen LogP) is 2.35. The third kappa shape index (κ3) is 4.06. The fourth-order valence-corrected chi connectivity index (χ4v) is 5.07. The van der Waals surface area contributed by atoms with Gasteiger partial charge >= 0.3 is 0 Å². The maximum absolute atomic E-state index is 12.8. The lowest BCUT2D eigenvalue weighted by molar-refractivity contribution is 0.0135. The summed E-state index contributed by atoms with van der Waals surface area (Å²) >= 11 is 0. The standard InChI is InChI=1S/C21H34N4O2/c1-23(2)21(26)20-18-14-17(24-10-12-27-13-11-24)8-9-19(18)25(22-20)15-16-6-4-3-5-7-16/h16-17H,3-15H2,1-2H3. The van der Waals surface area contributed by atoms with Crippen molar-refractivity contribution in [3.8, 4) is 0 Å². The molecule has 150 valence electrons. The fraction of sp³-hybridized carbons (Fsp3) is 0.810. The number of hydrogen-bond donors (Lipinski definition) is 0. The molecule has 1 aliphatic heterocycles. The molecule has 1 amide bonds. The summed E-state index contributed by atoms with van der Waals surface area (Å²) in [5.74, 6) is 0.776. The number of rotatable bonds is 4. The summed E-state index contributed by atoms with van der Waals surface area (Å²) in [7, 11) is 3.66. The number of hydrogen-bond acceptors (Lipinski definition) is 4. The first-order chi connectivity index (χ1) is 13.1. The van der Waals surface area contributed by atoms with Gasteiger partial charge in [0, 0.05) is 51.0 Å². The van der Waals surface area contributed by atoms with Crippen molar-refractivity contribution >= 4 is 5.91 Å². The Labute approximate surface area is 162 Å². The number of amides is 1. The van der Waals surface area contributed by atoms with Crippen LogP contribution in [0.4, 0.5) is 0 Å². The number of fused-ring (bicyclic) bond motifs is 1. The van der Waals surface area contributed by atoms with E-state index >= 15 is 0 Å². The quantitative estimate of drug-likeness (QED) is 0.812. The van der Waals surface area contributed by atoms with E-state index in [9.17, 15) is 4.79 Å². The molecule has 0 aromatic carbocycles. The highest BCUT2D eigenvalue weighted by atomic mass is 16.5. The van der Waals surface area contributed by atoms with Gasteiger partial charge < -0.3 is 9.64 Å². The van der Waals surface area contributed by atoms with Crippen LogP contribution in [0.1, 0.15) is 60.3 Å². The van der Waals surface area contributed by atoms with Gasteiger partial charge in [-0.15, -0.1) is 0 Å². The molecule has 0 N–H and O–H groups in total. The highest BCUT2D eigenvalue weighted by Crippen LogP contribution is 2.31. The lowest BCUT2D eigenvalue weighted by Crippen LogP contribution is -2.46. The molecule has 1 saturated heterocycles. The molecule has 1 unspecified atom stereocenters. The summed E-state index contributed by atoms with van der Waals surface area (Å²) in [5, 5.41) is 4.87. The van der Waals surface area contributed by atoms with Gasteiger partial charge in [-0.1, -0.05) is 19.3 Å². The highest BCUT2D eigenvalue weighted by molar-refractivity contribution is 5.93. The van der Waals surface area contributed by atoms with Gasteiger partial charge in [-0.3, -0.25) is 14.4 Å². The average Bonchev–Trinajstić information content (AvgIpc) is 3.06. The minimum atomic E-state index is 0.0521. The number of carbonyl (C=O) groups is 1. The van der Waals surface area contributed by atoms with Crippen LogP contribution in [0.15, 0.2) is 0 Å². The van der Waals surface area contributed by atoms with E-state index in [0.29, 0.717) is 11.7 Å². The van der Waals surface area contributed by atoms with Crippen LogP contribution in [-0.4, -0.2) is 71.9 Å². The van der Waals surface area contributed by atoms with Crippen LogP contribution in [0.3, 0.4) is 0 Å². The maximum Gasteiger partial charge on any atom is 0.274 e. The Balaban J connectivity index is 1.58. The molecule has 6 nitrogen and oxygen atoms in total. The molecule has 27 heavy (non-hydrogen) atoms. The molecule has 1 atom stereocenters. The Morgan fingerprint density at radius 3 is 2.59 bits per heavy atom. The third-order valence-electron chi connectivity index (χ3n) is 6.65. The second-order valence-electron chi connectivity index (χ2n) is 8.70. The van der Waals surface area contributed by atoms with Crippen molar-refractivity contribution < 1.29 is 9.53 Å². The predicted molar refractivity (Wildman–Crippen MR) is 105 cm³/mol. The van der Waals surface area contributed by atoms with Crippen LogP contribution < -0.4 is 0 Å². The number of aromatic nitrogens is 2. The smallest absolute Gasteiger partial charge is 0.274 e. The van der Waals surface area contributed by atoms with E-state index in [4.69, 9.17) is 9.84 Å². The minimum Gasteiger partial charge on any atom is -0.379 e. The lowest BCUT2D eigenvalue weighted by Gasteiger charge is -2.37.